The second-order valence-electron chi connectivity index (χ2n) is 13.5. The number of fused-ring (bicyclic) bond motifs is 6. The van der Waals surface area contributed by atoms with Gasteiger partial charge in [0.15, 0.2) is 5.78 Å². The second kappa shape index (κ2) is 8.74. The molecule has 2 aliphatic heterocycles. The smallest absolute Gasteiger partial charge is 0.409 e. The van der Waals surface area contributed by atoms with Crippen molar-refractivity contribution < 1.29 is 39.5 Å². The number of aliphatic hydroxyl groups excluding tert-OH is 4. The molecule has 0 bridgehead atoms. The zero-order valence-corrected chi connectivity index (χ0v) is 23.0. The normalized spacial score (nSPS) is 53.9. The molecule has 2 saturated heterocycles. The standard InChI is InChI=1S/C29H43NO8/c1-12-8-19-23(30(11-12)27(36)37-5)14(3)29(38-19)10-18(32)21-16-7-6-15-9-17(31)24(33)26(35)28(15,4)22(16)25(34)20(21)13(29)2/h12,14-19,21-24,26,31-33,35H,6-11H2,1-5H3/t12-,14+,15+,16-,17-,18-,19+,21-,22-,23-,24+,26-,28-,29-/m0/s1. The van der Waals surface area contributed by atoms with Crippen molar-refractivity contribution in [2.24, 2.45) is 40.9 Å². The molecular formula is C29H43NO8. The number of aliphatic hydroxyl groups is 4. The average molecular weight is 534 g/mol. The molecule has 212 valence electrons. The first-order valence-electron chi connectivity index (χ1n) is 14.4. The van der Waals surface area contributed by atoms with E-state index in [9.17, 15) is 30.0 Å². The van der Waals surface area contributed by atoms with Gasteiger partial charge in [0.25, 0.3) is 0 Å². The van der Waals surface area contributed by atoms with Gasteiger partial charge in [0.2, 0.25) is 0 Å². The number of ketones is 1. The number of ether oxygens (including phenoxy) is 2. The second-order valence-corrected chi connectivity index (χ2v) is 13.5. The highest BCUT2D eigenvalue weighted by molar-refractivity contribution is 6.02. The lowest BCUT2D eigenvalue weighted by Crippen LogP contribution is -2.62. The van der Waals surface area contributed by atoms with Crippen molar-refractivity contribution in [3.8, 4) is 0 Å². The number of piperidine rings is 1. The fourth-order valence-electron chi connectivity index (χ4n) is 10.1. The van der Waals surface area contributed by atoms with Crippen LogP contribution in [0.15, 0.2) is 11.1 Å². The molecule has 0 radical (unpaired) electrons. The van der Waals surface area contributed by atoms with E-state index < -0.39 is 41.3 Å². The van der Waals surface area contributed by atoms with Crippen LogP contribution in [-0.2, 0) is 14.3 Å². The van der Waals surface area contributed by atoms with E-state index in [1.807, 2.05) is 13.8 Å². The monoisotopic (exact) mass is 533 g/mol. The van der Waals surface area contributed by atoms with Gasteiger partial charge >= 0.3 is 6.09 Å². The molecule has 1 spiro atoms. The molecule has 4 aliphatic carbocycles. The molecule has 0 unspecified atom stereocenters. The molecule has 9 nitrogen and oxygen atoms in total. The Morgan fingerprint density at radius 2 is 1.82 bits per heavy atom. The fraction of sp³-hybridized carbons (Fsp3) is 0.862. The van der Waals surface area contributed by atoms with Crippen molar-refractivity contribution in [3.05, 3.63) is 11.1 Å². The van der Waals surface area contributed by atoms with E-state index in [2.05, 4.69) is 13.8 Å². The predicted molar refractivity (Wildman–Crippen MR) is 136 cm³/mol. The SMILES string of the molecule is COC(=O)N1C[C@@H](C)C[C@H]2O[C@]3(C[C@H](O)[C@H]4C(=C3C)C(=O)[C@@H]3[C@H]4CC[C@@H]4C[C@H](O)[C@@H](O)[C@H](O)[C@@]43C)[C@H](C)[C@@H]21. The molecule has 14 atom stereocenters. The van der Waals surface area contributed by atoms with Crippen molar-refractivity contribution in [1.82, 2.24) is 4.90 Å². The van der Waals surface area contributed by atoms with E-state index in [4.69, 9.17) is 9.47 Å². The topological polar surface area (TPSA) is 137 Å². The predicted octanol–water partition coefficient (Wildman–Crippen LogP) is 1.65. The van der Waals surface area contributed by atoms with Crippen molar-refractivity contribution in [1.29, 1.82) is 0 Å². The van der Waals surface area contributed by atoms with Gasteiger partial charge in [-0.1, -0.05) is 20.8 Å². The number of carbonyl (C=O) groups is 2. The van der Waals surface area contributed by atoms with Crippen LogP contribution in [0.2, 0.25) is 0 Å². The van der Waals surface area contributed by atoms with Crippen LogP contribution in [-0.4, -0.2) is 93.0 Å². The molecule has 9 heteroatoms. The van der Waals surface area contributed by atoms with Crippen LogP contribution >= 0.6 is 0 Å². The Balaban J connectivity index is 1.42. The Bertz CT molecular complexity index is 1060. The van der Waals surface area contributed by atoms with Crippen LogP contribution < -0.4 is 0 Å². The summed E-state index contributed by atoms with van der Waals surface area (Å²) < 4.78 is 11.9. The first kappa shape index (κ1) is 26.7. The van der Waals surface area contributed by atoms with E-state index in [1.54, 1.807) is 4.90 Å². The maximum Gasteiger partial charge on any atom is 0.409 e. The van der Waals surface area contributed by atoms with Crippen LogP contribution in [0.5, 0.6) is 0 Å². The maximum absolute atomic E-state index is 14.4. The van der Waals surface area contributed by atoms with Gasteiger partial charge in [-0.15, -0.1) is 0 Å². The first-order chi connectivity index (χ1) is 17.9. The first-order valence-corrected chi connectivity index (χ1v) is 14.4. The minimum Gasteiger partial charge on any atom is -0.453 e. The third kappa shape index (κ3) is 3.22. The van der Waals surface area contributed by atoms with Gasteiger partial charge in [-0.2, -0.15) is 0 Å². The van der Waals surface area contributed by atoms with Crippen LogP contribution in [0.1, 0.15) is 59.8 Å². The van der Waals surface area contributed by atoms with E-state index >= 15 is 0 Å². The number of nitrogens with zero attached hydrogens (tertiary/aromatic N) is 1. The average Bonchev–Trinajstić information content (AvgIpc) is 3.33. The summed E-state index contributed by atoms with van der Waals surface area (Å²) in [6, 6.07) is -0.213. The molecule has 0 aromatic heterocycles. The summed E-state index contributed by atoms with van der Waals surface area (Å²) in [5, 5.41) is 43.9. The minimum atomic E-state index is -1.30. The van der Waals surface area contributed by atoms with Gasteiger partial charge in [0, 0.05) is 41.7 Å². The van der Waals surface area contributed by atoms with E-state index in [0.29, 0.717) is 25.0 Å². The van der Waals surface area contributed by atoms with Gasteiger partial charge in [-0.05, 0) is 55.9 Å². The number of amides is 1. The van der Waals surface area contributed by atoms with Crippen molar-refractivity contribution >= 4 is 11.9 Å². The van der Waals surface area contributed by atoms with E-state index in [0.717, 1.165) is 24.8 Å². The zero-order valence-electron chi connectivity index (χ0n) is 23.0. The Morgan fingerprint density at radius 1 is 1.11 bits per heavy atom. The highest BCUT2D eigenvalue weighted by atomic mass is 16.5. The maximum atomic E-state index is 14.4. The number of likely N-dealkylation sites (tertiary alicyclic amines) is 1. The molecule has 4 N–H and O–H groups in total. The summed E-state index contributed by atoms with van der Waals surface area (Å²) in [6.07, 6.45) is -1.97. The fourth-order valence-corrected chi connectivity index (χ4v) is 10.1. The van der Waals surface area contributed by atoms with Crippen molar-refractivity contribution in [2.75, 3.05) is 13.7 Å². The summed E-state index contributed by atoms with van der Waals surface area (Å²) in [4.78, 5) is 28.9. The third-order valence-corrected chi connectivity index (χ3v) is 11.9. The summed E-state index contributed by atoms with van der Waals surface area (Å²) in [5.41, 5.74) is -0.292. The number of methoxy groups -OCH3 is 1. The zero-order chi connectivity index (χ0) is 27.5. The van der Waals surface area contributed by atoms with Crippen LogP contribution in [0.25, 0.3) is 0 Å². The summed E-state index contributed by atoms with van der Waals surface area (Å²) in [5.74, 6) is -1.09. The third-order valence-electron chi connectivity index (χ3n) is 11.9. The number of hydrogen-bond donors (Lipinski definition) is 4. The molecule has 3 saturated carbocycles. The highest BCUT2D eigenvalue weighted by Gasteiger charge is 2.69. The largest absolute Gasteiger partial charge is 0.453 e. The van der Waals surface area contributed by atoms with Crippen LogP contribution in [0.4, 0.5) is 4.79 Å². The number of rotatable bonds is 0. The Hall–Kier alpha value is -1.52. The molecule has 38 heavy (non-hydrogen) atoms. The Labute approximate surface area is 224 Å². The van der Waals surface area contributed by atoms with Crippen molar-refractivity contribution in [3.63, 3.8) is 0 Å². The van der Waals surface area contributed by atoms with Gasteiger partial charge in [-0.3, -0.25) is 4.79 Å². The molecular weight excluding hydrogens is 490 g/mol. The minimum absolute atomic E-state index is 0.0608. The Morgan fingerprint density at radius 3 is 2.50 bits per heavy atom. The van der Waals surface area contributed by atoms with Crippen molar-refractivity contribution in [2.45, 2.75) is 102 Å². The lowest BCUT2D eigenvalue weighted by molar-refractivity contribution is -0.205. The molecule has 0 aromatic carbocycles. The van der Waals surface area contributed by atoms with Gasteiger partial charge in [-0.25, -0.2) is 4.79 Å². The summed E-state index contributed by atoms with van der Waals surface area (Å²) in [7, 11) is 1.39. The lowest BCUT2D eigenvalue weighted by atomic mass is 9.50. The lowest BCUT2D eigenvalue weighted by Gasteiger charge is -2.56. The molecule has 0 aromatic rings. The van der Waals surface area contributed by atoms with Crippen LogP contribution in [0, 0.1) is 40.9 Å². The van der Waals surface area contributed by atoms with Crippen LogP contribution in [0.3, 0.4) is 0 Å². The molecule has 2 heterocycles. The van der Waals surface area contributed by atoms with E-state index in [1.165, 1.54) is 7.11 Å². The Kier molecular flexibility index (Phi) is 6.14. The van der Waals surface area contributed by atoms with E-state index in [-0.39, 0.29) is 53.6 Å². The van der Waals surface area contributed by atoms with Gasteiger partial charge in [0.1, 0.15) is 6.10 Å². The molecule has 6 rings (SSSR count). The molecule has 5 fully saturated rings. The molecule has 1 amide bonds. The quantitative estimate of drug-likeness (QED) is 0.369. The highest BCUT2D eigenvalue weighted by Crippen LogP contribution is 2.65. The number of hydrogen-bond acceptors (Lipinski definition) is 8. The molecule has 6 aliphatic rings. The number of Topliss-reactive ketones (excluding diaryl/α,β-unsaturated/α-hetero) is 1. The summed E-state index contributed by atoms with van der Waals surface area (Å²) >= 11 is 0. The van der Waals surface area contributed by atoms with Gasteiger partial charge < -0.3 is 34.8 Å². The van der Waals surface area contributed by atoms with Gasteiger partial charge in [0.05, 0.1) is 43.2 Å². The summed E-state index contributed by atoms with van der Waals surface area (Å²) in [6.45, 7) is 8.57. The number of carbonyl (C=O) groups excluding carboxylic acids is 2.